The summed E-state index contributed by atoms with van der Waals surface area (Å²) in [5, 5.41) is 0. The molecule has 0 rings (SSSR count). The first-order valence-corrected chi connectivity index (χ1v) is 6.18. The molecule has 0 spiro atoms. The Hall–Kier alpha value is -0.100. The second-order valence-corrected chi connectivity index (χ2v) is 4.88. The second kappa shape index (κ2) is 5.84. The topological polar surface area (TPSA) is 61.5 Å². The van der Waals surface area contributed by atoms with Gasteiger partial charge in [0.25, 0.3) is 0 Å². The Morgan fingerprint density at radius 3 is 1.93 bits per heavy atom. The van der Waals surface area contributed by atoms with Gasteiger partial charge in [0.15, 0.2) is 0 Å². The maximum absolute atomic E-state index is 12.1. The van der Waals surface area contributed by atoms with E-state index in [1.54, 1.807) is 0 Å². The normalized spacial score (nSPS) is 15.3. The zero-order valence-electron chi connectivity index (χ0n) is 8.58. The summed E-state index contributed by atoms with van der Waals surface area (Å²) in [6.07, 6.45) is -5.44. The van der Waals surface area contributed by atoms with Gasteiger partial charge in [-0.1, -0.05) is 0 Å². The Kier molecular flexibility index (Phi) is 5.80. The van der Waals surface area contributed by atoms with Crippen LogP contribution in [0.5, 0.6) is 0 Å². The lowest BCUT2D eigenvalue weighted by Crippen LogP contribution is -2.40. The molecule has 0 aromatic carbocycles. The van der Waals surface area contributed by atoms with Gasteiger partial charge in [-0.2, -0.15) is 13.2 Å². The van der Waals surface area contributed by atoms with Crippen molar-refractivity contribution in [3.63, 3.8) is 0 Å². The van der Waals surface area contributed by atoms with E-state index in [0.29, 0.717) is 0 Å². The third-order valence-corrected chi connectivity index (χ3v) is 3.64. The van der Waals surface area contributed by atoms with Crippen LogP contribution in [-0.4, -0.2) is 31.6 Å². The van der Waals surface area contributed by atoms with Crippen LogP contribution >= 0.6 is 7.60 Å². The van der Waals surface area contributed by atoms with E-state index in [1.165, 1.54) is 13.8 Å². The first-order chi connectivity index (χ1) is 6.75. The van der Waals surface area contributed by atoms with E-state index in [-0.39, 0.29) is 13.2 Å². The largest absolute Gasteiger partial charge is 0.404 e. The molecular formula is C7H15F3NO3P. The summed E-state index contributed by atoms with van der Waals surface area (Å²) in [5.41, 5.74) is 4.84. The highest BCUT2D eigenvalue weighted by Gasteiger charge is 2.42. The highest BCUT2D eigenvalue weighted by Crippen LogP contribution is 2.49. The molecule has 8 heteroatoms. The highest BCUT2D eigenvalue weighted by molar-refractivity contribution is 7.53. The highest BCUT2D eigenvalue weighted by atomic mass is 31.2. The number of hydrogen-bond donors (Lipinski definition) is 1. The van der Waals surface area contributed by atoms with Crippen LogP contribution < -0.4 is 5.73 Å². The molecule has 0 saturated carbocycles. The average Bonchev–Trinajstić information content (AvgIpc) is 2.02. The Balaban J connectivity index is 4.48. The minimum Gasteiger partial charge on any atom is -0.320 e. The maximum atomic E-state index is 12.1. The fourth-order valence-electron chi connectivity index (χ4n) is 0.880. The van der Waals surface area contributed by atoms with Gasteiger partial charge in [0.1, 0.15) is 6.04 Å². The third kappa shape index (κ3) is 5.51. The predicted octanol–water partition coefficient (Wildman–Crippen LogP) is 2.14. The summed E-state index contributed by atoms with van der Waals surface area (Å²) < 4.78 is 57.3. The third-order valence-electron chi connectivity index (χ3n) is 1.49. The Bertz CT molecular complexity index is 224. The summed E-state index contributed by atoms with van der Waals surface area (Å²) >= 11 is 0. The van der Waals surface area contributed by atoms with Gasteiger partial charge in [-0.05, 0) is 13.8 Å². The first-order valence-electron chi connectivity index (χ1n) is 4.45. The molecular weight excluding hydrogens is 234 g/mol. The SMILES string of the molecule is CCOP(=O)(CC(N)C(F)(F)F)OCC. The first kappa shape index (κ1) is 14.9. The summed E-state index contributed by atoms with van der Waals surface area (Å²) in [6, 6.07) is -2.19. The van der Waals surface area contributed by atoms with E-state index in [9.17, 15) is 17.7 Å². The lowest BCUT2D eigenvalue weighted by molar-refractivity contribution is -0.143. The predicted molar refractivity (Wildman–Crippen MR) is 49.8 cm³/mol. The minimum absolute atomic E-state index is 0.0157. The minimum atomic E-state index is -4.59. The van der Waals surface area contributed by atoms with E-state index in [2.05, 4.69) is 9.05 Å². The molecule has 0 aliphatic carbocycles. The number of hydrogen-bond acceptors (Lipinski definition) is 4. The Morgan fingerprint density at radius 1 is 1.27 bits per heavy atom. The van der Waals surface area contributed by atoms with Crippen molar-refractivity contribution in [1.29, 1.82) is 0 Å². The van der Waals surface area contributed by atoms with Crippen molar-refractivity contribution in [2.75, 3.05) is 19.4 Å². The van der Waals surface area contributed by atoms with Crippen LogP contribution in [0.15, 0.2) is 0 Å². The average molecular weight is 249 g/mol. The molecule has 4 nitrogen and oxygen atoms in total. The van der Waals surface area contributed by atoms with E-state index in [4.69, 9.17) is 5.73 Å². The molecule has 1 atom stereocenters. The van der Waals surface area contributed by atoms with Crippen molar-refractivity contribution >= 4 is 7.60 Å². The van der Waals surface area contributed by atoms with Gasteiger partial charge in [-0.25, -0.2) is 0 Å². The summed E-state index contributed by atoms with van der Waals surface area (Å²) in [5.74, 6) is 0. The van der Waals surface area contributed by atoms with Gasteiger partial charge in [-0.15, -0.1) is 0 Å². The fourth-order valence-corrected chi connectivity index (χ4v) is 2.64. The van der Waals surface area contributed by atoms with Crippen molar-refractivity contribution in [3.8, 4) is 0 Å². The van der Waals surface area contributed by atoms with Crippen molar-refractivity contribution in [2.24, 2.45) is 5.73 Å². The molecule has 0 radical (unpaired) electrons. The molecule has 15 heavy (non-hydrogen) atoms. The van der Waals surface area contributed by atoms with Gasteiger partial charge in [-0.3, -0.25) is 4.57 Å². The van der Waals surface area contributed by atoms with E-state index in [1.807, 2.05) is 0 Å². The molecule has 0 aromatic rings. The van der Waals surface area contributed by atoms with Crippen molar-refractivity contribution in [1.82, 2.24) is 0 Å². The van der Waals surface area contributed by atoms with Crippen molar-refractivity contribution in [2.45, 2.75) is 26.1 Å². The van der Waals surface area contributed by atoms with Crippen LogP contribution in [0.1, 0.15) is 13.8 Å². The zero-order chi connectivity index (χ0) is 12.1. The van der Waals surface area contributed by atoms with Crippen LogP contribution in [0.3, 0.4) is 0 Å². The maximum Gasteiger partial charge on any atom is 0.404 e. The lowest BCUT2D eigenvalue weighted by Gasteiger charge is -2.22. The van der Waals surface area contributed by atoms with Crippen LogP contribution in [0.25, 0.3) is 0 Å². The van der Waals surface area contributed by atoms with Gasteiger partial charge < -0.3 is 14.8 Å². The quantitative estimate of drug-likeness (QED) is 0.732. The lowest BCUT2D eigenvalue weighted by atomic mass is 10.4. The van der Waals surface area contributed by atoms with Gasteiger partial charge >= 0.3 is 13.8 Å². The fraction of sp³-hybridized carbons (Fsp3) is 1.00. The van der Waals surface area contributed by atoms with Gasteiger partial charge in [0.2, 0.25) is 0 Å². The molecule has 0 saturated heterocycles. The summed E-state index contributed by atoms with van der Waals surface area (Å²) in [7, 11) is -3.72. The molecule has 0 aliphatic heterocycles. The van der Waals surface area contributed by atoms with Crippen molar-refractivity contribution in [3.05, 3.63) is 0 Å². The van der Waals surface area contributed by atoms with E-state index >= 15 is 0 Å². The van der Waals surface area contributed by atoms with Gasteiger partial charge in [0, 0.05) is 0 Å². The van der Waals surface area contributed by atoms with Crippen LogP contribution in [0.4, 0.5) is 13.2 Å². The molecule has 0 amide bonds. The number of rotatable bonds is 6. The Morgan fingerprint density at radius 2 is 1.67 bits per heavy atom. The monoisotopic (exact) mass is 249 g/mol. The van der Waals surface area contributed by atoms with Crippen LogP contribution in [0.2, 0.25) is 0 Å². The molecule has 92 valence electrons. The van der Waals surface area contributed by atoms with E-state index < -0.39 is 26.0 Å². The molecule has 0 bridgehead atoms. The second-order valence-electron chi connectivity index (χ2n) is 2.78. The zero-order valence-corrected chi connectivity index (χ0v) is 9.48. The number of halogens is 3. The van der Waals surface area contributed by atoms with Gasteiger partial charge in [0.05, 0.1) is 19.4 Å². The number of alkyl halides is 3. The molecule has 0 aliphatic rings. The molecule has 0 aromatic heterocycles. The van der Waals surface area contributed by atoms with E-state index in [0.717, 1.165) is 0 Å². The standard InChI is InChI=1S/C7H15F3NO3P/c1-3-13-15(12,14-4-2)5-6(11)7(8,9)10/h6H,3-5,11H2,1-2H3. The number of nitrogens with two attached hydrogens (primary N) is 1. The van der Waals surface area contributed by atoms with Crippen molar-refractivity contribution < 1.29 is 26.8 Å². The smallest absolute Gasteiger partial charge is 0.320 e. The molecule has 0 heterocycles. The van der Waals surface area contributed by atoms with Crippen LogP contribution in [-0.2, 0) is 13.6 Å². The summed E-state index contributed by atoms with van der Waals surface area (Å²) in [6.45, 7) is 3.07. The molecule has 0 fully saturated rings. The van der Waals surface area contributed by atoms with Crippen LogP contribution in [0, 0.1) is 0 Å². The Labute approximate surface area is 86.5 Å². The molecule has 1 unspecified atom stereocenters. The molecule has 2 N–H and O–H groups in total. The summed E-state index contributed by atoms with van der Waals surface area (Å²) in [4.78, 5) is 0.